The molecule has 1 N–H and O–H groups in total. The summed E-state index contributed by atoms with van der Waals surface area (Å²) in [5.41, 5.74) is 0. The number of nitrogens with zero attached hydrogens (tertiary/aromatic N) is 4. The van der Waals surface area contributed by atoms with Crippen LogP contribution in [-0.4, -0.2) is 33.3 Å². The third-order valence-electron chi connectivity index (χ3n) is 3.92. The number of rotatable bonds is 3. The van der Waals surface area contributed by atoms with Gasteiger partial charge >= 0.3 is 0 Å². The number of tetrazole rings is 1. The first-order valence-electron chi connectivity index (χ1n) is 6.40. The SMILES string of the molecule is C1CC(Cn2nnnc2C2CCNCC2)C1. The van der Waals surface area contributed by atoms with E-state index >= 15 is 0 Å². The first-order chi connectivity index (χ1) is 7.93. The van der Waals surface area contributed by atoms with E-state index in [2.05, 4.69) is 25.5 Å². The maximum absolute atomic E-state index is 4.23. The Morgan fingerprint density at radius 2 is 2.00 bits per heavy atom. The van der Waals surface area contributed by atoms with Gasteiger partial charge < -0.3 is 5.32 Å². The van der Waals surface area contributed by atoms with Crippen molar-refractivity contribution in [1.82, 2.24) is 25.5 Å². The Balaban J connectivity index is 1.70. The molecular weight excluding hydrogens is 202 g/mol. The molecule has 1 aliphatic heterocycles. The minimum atomic E-state index is 0.566. The predicted octanol–water partition coefficient (Wildman–Crippen LogP) is 0.940. The average Bonchev–Trinajstić information content (AvgIpc) is 2.73. The Labute approximate surface area is 95.6 Å². The minimum absolute atomic E-state index is 0.566. The van der Waals surface area contributed by atoms with E-state index in [0.717, 1.165) is 31.4 Å². The molecule has 0 unspecified atom stereocenters. The Kier molecular flexibility index (Phi) is 2.86. The Hall–Kier alpha value is -0.970. The molecular formula is C11H19N5. The van der Waals surface area contributed by atoms with Gasteiger partial charge in [-0.15, -0.1) is 5.10 Å². The molecule has 0 aromatic carbocycles. The maximum Gasteiger partial charge on any atom is 0.154 e. The predicted molar refractivity (Wildman–Crippen MR) is 60.0 cm³/mol. The van der Waals surface area contributed by atoms with Crippen LogP contribution in [0.15, 0.2) is 0 Å². The van der Waals surface area contributed by atoms with Gasteiger partial charge in [0.05, 0.1) is 0 Å². The van der Waals surface area contributed by atoms with Crippen molar-refractivity contribution in [1.29, 1.82) is 0 Å². The molecule has 2 fully saturated rings. The molecule has 5 nitrogen and oxygen atoms in total. The van der Waals surface area contributed by atoms with Gasteiger partial charge in [-0.25, -0.2) is 4.68 Å². The molecule has 2 heterocycles. The van der Waals surface area contributed by atoms with Crippen LogP contribution < -0.4 is 5.32 Å². The molecule has 0 spiro atoms. The molecule has 2 aliphatic rings. The van der Waals surface area contributed by atoms with Gasteiger partial charge in [-0.1, -0.05) is 6.42 Å². The molecule has 0 amide bonds. The number of hydrogen-bond donors (Lipinski definition) is 1. The Morgan fingerprint density at radius 3 is 2.69 bits per heavy atom. The molecule has 0 atom stereocenters. The fourth-order valence-electron chi connectivity index (χ4n) is 2.63. The van der Waals surface area contributed by atoms with E-state index in [1.54, 1.807) is 0 Å². The van der Waals surface area contributed by atoms with E-state index in [9.17, 15) is 0 Å². The van der Waals surface area contributed by atoms with Gasteiger partial charge in [0.2, 0.25) is 0 Å². The summed E-state index contributed by atoms with van der Waals surface area (Å²) in [6.45, 7) is 3.23. The van der Waals surface area contributed by atoms with Crippen molar-refractivity contribution in [3.8, 4) is 0 Å². The van der Waals surface area contributed by atoms with Crippen molar-refractivity contribution in [3.05, 3.63) is 5.82 Å². The van der Waals surface area contributed by atoms with Gasteiger partial charge in [0.1, 0.15) is 0 Å². The highest BCUT2D eigenvalue weighted by atomic mass is 15.5. The summed E-state index contributed by atoms with van der Waals surface area (Å²) in [5, 5.41) is 15.6. The molecule has 88 valence electrons. The molecule has 1 aromatic heterocycles. The summed E-state index contributed by atoms with van der Waals surface area (Å²) >= 11 is 0. The second-order valence-corrected chi connectivity index (χ2v) is 5.04. The van der Waals surface area contributed by atoms with Crippen molar-refractivity contribution in [2.75, 3.05) is 13.1 Å². The van der Waals surface area contributed by atoms with E-state index in [-0.39, 0.29) is 0 Å². The summed E-state index contributed by atoms with van der Waals surface area (Å²) in [4.78, 5) is 0. The lowest BCUT2D eigenvalue weighted by Gasteiger charge is -2.27. The van der Waals surface area contributed by atoms with Crippen LogP contribution in [0.2, 0.25) is 0 Å². The molecule has 3 rings (SSSR count). The van der Waals surface area contributed by atoms with E-state index in [1.165, 1.54) is 32.1 Å². The standard InChI is InChI=1S/C11H19N5/c1-2-9(3-1)8-16-11(13-14-15-16)10-4-6-12-7-5-10/h9-10,12H,1-8H2. The fourth-order valence-corrected chi connectivity index (χ4v) is 2.63. The van der Waals surface area contributed by atoms with Gasteiger partial charge in [0, 0.05) is 12.5 Å². The zero-order chi connectivity index (χ0) is 10.8. The highest BCUT2D eigenvalue weighted by Gasteiger charge is 2.24. The second-order valence-electron chi connectivity index (χ2n) is 5.04. The zero-order valence-corrected chi connectivity index (χ0v) is 9.60. The van der Waals surface area contributed by atoms with Crippen LogP contribution in [0.25, 0.3) is 0 Å². The largest absolute Gasteiger partial charge is 0.317 e. The first-order valence-corrected chi connectivity index (χ1v) is 6.40. The van der Waals surface area contributed by atoms with Crippen LogP contribution in [0, 0.1) is 5.92 Å². The Bertz CT molecular complexity index is 338. The summed E-state index contributed by atoms with van der Waals surface area (Å²) in [7, 11) is 0. The summed E-state index contributed by atoms with van der Waals surface area (Å²) in [6, 6.07) is 0. The van der Waals surface area contributed by atoms with E-state index in [1.807, 2.05) is 0 Å². The molecule has 0 bridgehead atoms. The summed E-state index contributed by atoms with van der Waals surface area (Å²) in [6.07, 6.45) is 6.43. The van der Waals surface area contributed by atoms with Crippen molar-refractivity contribution in [2.24, 2.45) is 5.92 Å². The fraction of sp³-hybridized carbons (Fsp3) is 0.909. The second kappa shape index (κ2) is 4.49. The topological polar surface area (TPSA) is 55.6 Å². The molecule has 1 saturated heterocycles. The zero-order valence-electron chi connectivity index (χ0n) is 9.60. The van der Waals surface area contributed by atoms with E-state index in [4.69, 9.17) is 0 Å². The average molecular weight is 221 g/mol. The van der Waals surface area contributed by atoms with E-state index in [0.29, 0.717) is 5.92 Å². The van der Waals surface area contributed by atoms with Crippen molar-refractivity contribution < 1.29 is 0 Å². The van der Waals surface area contributed by atoms with Gasteiger partial charge in [0.25, 0.3) is 0 Å². The van der Waals surface area contributed by atoms with Gasteiger partial charge in [0.15, 0.2) is 5.82 Å². The lowest BCUT2D eigenvalue weighted by molar-refractivity contribution is 0.257. The third-order valence-corrected chi connectivity index (χ3v) is 3.92. The van der Waals surface area contributed by atoms with Crippen molar-refractivity contribution >= 4 is 0 Å². The normalized spacial score (nSPS) is 23.2. The van der Waals surface area contributed by atoms with Gasteiger partial charge in [-0.05, 0) is 55.1 Å². The van der Waals surface area contributed by atoms with Crippen molar-refractivity contribution in [3.63, 3.8) is 0 Å². The Morgan fingerprint density at radius 1 is 1.19 bits per heavy atom. The van der Waals surface area contributed by atoms with E-state index < -0.39 is 0 Å². The van der Waals surface area contributed by atoms with Gasteiger partial charge in [-0.2, -0.15) is 0 Å². The minimum Gasteiger partial charge on any atom is -0.317 e. The third kappa shape index (κ3) is 1.96. The molecule has 1 aliphatic carbocycles. The van der Waals surface area contributed by atoms with Crippen LogP contribution in [0.5, 0.6) is 0 Å². The lowest BCUT2D eigenvalue weighted by atomic mass is 9.85. The maximum atomic E-state index is 4.23. The van der Waals surface area contributed by atoms with Crippen molar-refractivity contribution in [2.45, 2.75) is 44.6 Å². The number of aromatic nitrogens is 4. The first kappa shape index (κ1) is 10.2. The number of nitrogens with one attached hydrogen (secondary N) is 1. The molecule has 5 heteroatoms. The molecule has 1 saturated carbocycles. The van der Waals surface area contributed by atoms with Crippen LogP contribution in [0.4, 0.5) is 0 Å². The monoisotopic (exact) mass is 221 g/mol. The highest BCUT2D eigenvalue weighted by Crippen LogP contribution is 2.29. The van der Waals surface area contributed by atoms with Crippen LogP contribution >= 0.6 is 0 Å². The van der Waals surface area contributed by atoms with Crippen LogP contribution in [-0.2, 0) is 6.54 Å². The number of piperidine rings is 1. The number of hydrogen-bond acceptors (Lipinski definition) is 4. The molecule has 0 radical (unpaired) electrons. The quantitative estimate of drug-likeness (QED) is 0.825. The molecule has 1 aromatic rings. The smallest absolute Gasteiger partial charge is 0.154 e. The van der Waals surface area contributed by atoms with Crippen LogP contribution in [0.3, 0.4) is 0 Å². The summed E-state index contributed by atoms with van der Waals surface area (Å²) in [5.74, 6) is 2.51. The highest BCUT2D eigenvalue weighted by molar-refractivity contribution is 4.96. The summed E-state index contributed by atoms with van der Waals surface area (Å²) < 4.78 is 2.06. The molecule has 16 heavy (non-hydrogen) atoms. The van der Waals surface area contributed by atoms with Gasteiger partial charge in [-0.3, -0.25) is 0 Å². The lowest BCUT2D eigenvalue weighted by Crippen LogP contribution is -2.29. The van der Waals surface area contributed by atoms with Crippen LogP contribution in [0.1, 0.15) is 43.8 Å².